The molecule has 1 aliphatic rings. The summed E-state index contributed by atoms with van der Waals surface area (Å²) in [5, 5.41) is 8.92. The number of nitrogens with one attached hydrogen (secondary N) is 3. The van der Waals surface area contributed by atoms with E-state index in [1.807, 2.05) is 60.7 Å². The molecule has 10 heteroatoms. The van der Waals surface area contributed by atoms with E-state index in [4.69, 9.17) is 9.72 Å². The second-order valence-electron chi connectivity index (χ2n) is 10.2. The minimum absolute atomic E-state index is 0.328. The maximum Gasteiger partial charge on any atom is 0.323 e. The quantitative estimate of drug-likeness (QED) is 0.194. The lowest BCUT2D eigenvalue weighted by atomic mass is 10.2. The van der Waals surface area contributed by atoms with E-state index in [0.717, 1.165) is 37.4 Å². The van der Waals surface area contributed by atoms with Crippen LogP contribution in [0.4, 0.5) is 33.5 Å². The Morgan fingerprint density at radius 1 is 0.721 bits per heavy atom. The molecule has 3 heterocycles. The molecule has 0 saturated carbocycles. The topological polar surface area (TPSA) is 108 Å². The third-order valence-corrected chi connectivity index (χ3v) is 7.05. The van der Waals surface area contributed by atoms with Crippen molar-refractivity contribution in [3.05, 3.63) is 109 Å². The lowest BCUT2D eigenvalue weighted by Crippen LogP contribution is -2.44. The smallest absolute Gasteiger partial charge is 0.323 e. The summed E-state index contributed by atoms with van der Waals surface area (Å²) < 4.78 is 6.13. The van der Waals surface area contributed by atoms with Crippen molar-refractivity contribution in [2.24, 2.45) is 0 Å². The number of amides is 2. The first-order valence-electron chi connectivity index (χ1n) is 14.1. The van der Waals surface area contributed by atoms with E-state index in [2.05, 4.69) is 54.9 Å². The average Bonchev–Trinajstić information content (AvgIpc) is 3.04. The van der Waals surface area contributed by atoms with Crippen LogP contribution >= 0.6 is 0 Å². The van der Waals surface area contributed by atoms with Crippen LogP contribution in [0.2, 0.25) is 0 Å². The highest BCUT2D eigenvalue weighted by molar-refractivity contribution is 5.99. The van der Waals surface area contributed by atoms with Gasteiger partial charge in [-0.3, -0.25) is 0 Å². The molecule has 0 aliphatic carbocycles. The Labute approximate surface area is 250 Å². The van der Waals surface area contributed by atoms with Crippen LogP contribution in [0.15, 0.2) is 109 Å². The van der Waals surface area contributed by atoms with Gasteiger partial charge >= 0.3 is 6.03 Å². The van der Waals surface area contributed by atoms with Crippen LogP contribution in [0, 0.1) is 0 Å². The molecule has 2 aromatic heterocycles. The van der Waals surface area contributed by atoms with Gasteiger partial charge < -0.3 is 30.5 Å². The van der Waals surface area contributed by atoms with Crippen molar-refractivity contribution in [2.75, 3.05) is 54.1 Å². The van der Waals surface area contributed by atoms with Crippen molar-refractivity contribution in [3.8, 4) is 22.9 Å². The summed E-state index contributed by atoms with van der Waals surface area (Å²) >= 11 is 0. The van der Waals surface area contributed by atoms with Crippen molar-refractivity contribution in [2.45, 2.75) is 0 Å². The molecule has 0 atom stereocenters. The summed E-state index contributed by atoms with van der Waals surface area (Å²) in [5.41, 5.74) is 4.86. The molecule has 216 valence electrons. The van der Waals surface area contributed by atoms with E-state index < -0.39 is 0 Å². The monoisotopic (exact) mass is 572 g/mol. The highest BCUT2D eigenvalue weighted by atomic mass is 16.5. The zero-order valence-corrected chi connectivity index (χ0v) is 23.8. The maximum absolute atomic E-state index is 12.3. The van der Waals surface area contributed by atoms with Gasteiger partial charge in [-0.2, -0.15) is 0 Å². The van der Waals surface area contributed by atoms with Crippen molar-refractivity contribution < 1.29 is 9.53 Å². The fraction of sp³-hybridized carbons (Fsp3) is 0.152. The summed E-state index contributed by atoms with van der Waals surface area (Å²) in [5.74, 6) is 1.46. The number of pyridine rings is 1. The van der Waals surface area contributed by atoms with E-state index in [1.165, 1.54) is 5.69 Å². The Morgan fingerprint density at radius 3 is 2.16 bits per heavy atom. The van der Waals surface area contributed by atoms with E-state index in [-0.39, 0.29) is 6.03 Å². The lowest BCUT2D eigenvalue weighted by molar-refractivity contribution is 0.262. The molecule has 2 amide bonds. The summed E-state index contributed by atoms with van der Waals surface area (Å²) in [7, 11) is 2.16. The van der Waals surface area contributed by atoms with Gasteiger partial charge in [0.15, 0.2) is 0 Å². The molecule has 0 spiro atoms. The normalized spacial score (nSPS) is 13.3. The van der Waals surface area contributed by atoms with Crippen molar-refractivity contribution in [3.63, 3.8) is 0 Å². The predicted molar refractivity (Wildman–Crippen MR) is 170 cm³/mol. The summed E-state index contributed by atoms with van der Waals surface area (Å²) in [6.07, 6.45) is 3.38. The molecule has 6 rings (SSSR count). The molecule has 3 N–H and O–H groups in total. The Morgan fingerprint density at radius 2 is 1.42 bits per heavy atom. The number of benzene rings is 3. The Hall–Kier alpha value is -5.48. The number of anilines is 5. The number of hydrogen-bond acceptors (Lipinski definition) is 8. The van der Waals surface area contributed by atoms with Gasteiger partial charge in [0.1, 0.15) is 5.75 Å². The Balaban J connectivity index is 1.10. The van der Waals surface area contributed by atoms with Gasteiger partial charge in [-0.05, 0) is 85.9 Å². The first-order valence-corrected chi connectivity index (χ1v) is 14.1. The Kier molecular flexibility index (Phi) is 8.37. The van der Waals surface area contributed by atoms with Crippen LogP contribution in [0.3, 0.4) is 0 Å². The van der Waals surface area contributed by atoms with Crippen molar-refractivity contribution in [1.82, 2.24) is 19.9 Å². The fourth-order valence-electron chi connectivity index (χ4n) is 4.72. The van der Waals surface area contributed by atoms with E-state index in [1.54, 1.807) is 36.7 Å². The van der Waals surface area contributed by atoms with Crippen molar-refractivity contribution in [1.29, 1.82) is 0 Å². The number of piperazine rings is 1. The van der Waals surface area contributed by atoms with E-state index in [9.17, 15) is 4.79 Å². The second-order valence-corrected chi connectivity index (χ2v) is 10.2. The highest BCUT2D eigenvalue weighted by Gasteiger charge is 2.15. The summed E-state index contributed by atoms with van der Waals surface area (Å²) in [6, 6.07) is 29.9. The molecule has 1 aliphatic heterocycles. The minimum atomic E-state index is -0.328. The number of likely N-dealkylation sites (N-methyl/N-ethyl adjacent to an activating group) is 1. The largest absolute Gasteiger partial charge is 0.438 e. The average molecular weight is 573 g/mol. The SMILES string of the molecule is CN1CCN(c2ccc(Nc3nccc(-c4cccnc4Oc4ccc(NC(=O)Nc5ccccc5)cc4)n3)cc2)CC1. The molecular weight excluding hydrogens is 540 g/mol. The van der Waals surface area contributed by atoms with Crippen LogP contribution in [0.25, 0.3) is 11.3 Å². The minimum Gasteiger partial charge on any atom is -0.438 e. The number of para-hydroxylation sites is 1. The predicted octanol–water partition coefficient (Wildman–Crippen LogP) is 6.47. The number of carbonyl (C=O) groups is 1. The molecule has 0 bridgehead atoms. The van der Waals surface area contributed by atoms with Crippen LogP contribution < -0.4 is 25.6 Å². The first kappa shape index (κ1) is 27.7. The summed E-state index contributed by atoms with van der Waals surface area (Å²) in [4.78, 5) is 30.7. The molecular formula is C33H32N8O2. The zero-order valence-electron chi connectivity index (χ0n) is 23.8. The number of rotatable bonds is 8. The molecule has 0 radical (unpaired) electrons. The van der Waals surface area contributed by atoms with Crippen LogP contribution in [0.5, 0.6) is 11.6 Å². The van der Waals surface area contributed by atoms with Crippen LogP contribution in [-0.4, -0.2) is 59.1 Å². The number of aromatic nitrogens is 3. The first-order chi connectivity index (χ1) is 21.1. The van der Waals surface area contributed by atoms with Gasteiger partial charge in [0.25, 0.3) is 0 Å². The fourth-order valence-corrected chi connectivity index (χ4v) is 4.72. The maximum atomic E-state index is 12.3. The standard InChI is InChI=1S/C33H32N8O2/c1-40-20-22-41(23-21-40)27-13-9-25(10-14-27)36-32-35-19-17-30(39-32)29-8-5-18-34-31(29)43-28-15-11-26(12-16-28)38-33(42)37-24-6-3-2-4-7-24/h2-19H,20-23H2,1H3,(H,35,36,39)(H2,37,38,42). The van der Waals surface area contributed by atoms with Gasteiger partial charge in [0.2, 0.25) is 11.8 Å². The van der Waals surface area contributed by atoms with Gasteiger partial charge in [-0.1, -0.05) is 18.2 Å². The number of carbonyl (C=O) groups excluding carboxylic acids is 1. The number of urea groups is 1. The third-order valence-electron chi connectivity index (χ3n) is 7.05. The second kappa shape index (κ2) is 13.0. The van der Waals surface area contributed by atoms with Crippen LogP contribution in [-0.2, 0) is 0 Å². The number of hydrogen-bond donors (Lipinski definition) is 3. The molecule has 1 saturated heterocycles. The van der Waals surface area contributed by atoms with E-state index in [0.29, 0.717) is 34.6 Å². The van der Waals surface area contributed by atoms with Gasteiger partial charge in [0, 0.05) is 61.3 Å². The number of nitrogens with zero attached hydrogens (tertiary/aromatic N) is 5. The molecule has 1 fully saturated rings. The highest BCUT2D eigenvalue weighted by Crippen LogP contribution is 2.31. The lowest BCUT2D eigenvalue weighted by Gasteiger charge is -2.34. The molecule has 0 unspecified atom stereocenters. The van der Waals surface area contributed by atoms with Crippen molar-refractivity contribution >= 4 is 34.7 Å². The zero-order chi connectivity index (χ0) is 29.4. The third kappa shape index (κ3) is 7.24. The Bertz CT molecular complexity index is 1660. The molecule has 5 aromatic rings. The van der Waals surface area contributed by atoms with Gasteiger partial charge in [-0.15, -0.1) is 0 Å². The molecule has 10 nitrogen and oxygen atoms in total. The summed E-state index contributed by atoms with van der Waals surface area (Å²) in [6.45, 7) is 4.18. The van der Waals surface area contributed by atoms with E-state index >= 15 is 0 Å². The molecule has 3 aromatic carbocycles. The molecule has 43 heavy (non-hydrogen) atoms. The van der Waals surface area contributed by atoms with Crippen LogP contribution in [0.1, 0.15) is 0 Å². The van der Waals surface area contributed by atoms with Gasteiger partial charge in [0.05, 0.1) is 11.3 Å². The number of ether oxygens (including phenoxy) is 1. The van der Waals surface area contributed by atoms with Gasteiger partial charge in [-0.25, -0.2) is 19.7 Å².